The van der Waals surface area contributed by atoms with E-state index in [0.29, 0.717) is 33.2 Å². The number of carboxylic acid groups (broad SMARTS) is 1. The van der Waals surface area contributed by atoms with Gasteiger partial charge in [-0.25, -0.2) is 4.98 Å². The van der Waals surface area contributed by atoms with E-state index in [2.05, 4.69) is 95.1 Å². The Kier molecular flexibility index (Phi) is 11.3. The summed E-state index contributed by atoms with van der Waals surface area (Å²) in [6.45, 7) is 6.41. The third-order valence-corrected chi connectivity index (χ3v) is 11.4. The number of allylic oxidation sites excluding steroid dienone is 3. The lowest BCUT2D eigenvalue weighted by molar-refractivity contribution is -0.145. The first-order chi connectivity index (χ1) is 27.0. The molecule has 0 bridgehead atoms. The van der Waals surface area contributed by atoms with Gasteiger partial charge < -0.3 is 30.0 Å². The summed E-state index contributed by atoms with van der Waals surface area (Å²) in [6, 6.07) is 22.2. The van der Waals surface area contributed by atoms with E-state index in [1.165, 1.54) is 29.8 Å². The standard InChI is InChI=1S/C44H45ClN6O5/c1-27-8-4-5-9-33(27)34-10-6-14-44(28(34)2,32-12-13-36-38(18-32)51-41(50-36)37-11-7-15-48-37)26-56-40-19-39(55-24-30-16-29(20-46)21-47-22-30)31(17-35(40)45)23-49-43(3,25-52)42(53)54/h4-6,8-10,12-14,16-19,21-22,28,37,48-49,52H,7,11,15,23-26H2,1-3H3,(H,50,51)(H,53,54)/t28?,37-,43?,44?/m0/s1. The molecular weight excluding hydrogens is 728 g/mol. The fraction of sp³-hybridized carbons (Fsp3) is 0.318. The average Bonchev–Trinajstić information content (AvgIpc) is 3.91. The molecule has 12 heteroatoms. The Morgan fingerprint density at radius 3 is 2.73 bits per heavy atom. The maximum absolute atomic E-state index is 12.0. The minimum atomic E-state index is -1.60. The molecule has 3 unspecified atom stereocenters. The Labute approximate surface area is 331 Å². The van der Waals surface area contributed by atoms with Crippen molar-refractivity contribution in [2.24, 2.45) is 5.92 Å². The van der Waals surface area contributed by atoms with Gasteiger partial charge in [-0.15, -0.1) is 0 Å². The predicted molar refractivity (Wildman–Crippen MR) is 215 cm³/mol. The number of benzene rings is 3. The first-order valence-corrected chi connectivity index (χ1v) is 19.1. The summed E-state index contributed by atoms with van der Waals surface area (Å²) in [5.41, 5.74) is 5.81. The zero-order valence-electron chi connectivity index (χ0n) is 31.6. The SMILES string of the molecule is Cc1ccccc1C1=CC=CC(COc2cc(OCc3cncc(C#N)c3)c(CNC(C)(CO)C(=O)O)cc2Cl)(c2ccc3nc([C@@H]4CCCN4)[nH]c3c2)C1C. The van der Waals surface area contributed by atoms with Crippen LogP contribution in [-0.4, -0.2) is 56.4 Å². The van der Waals surface area contributed by atoms with Gasteiger partial charge in [0.25, 0.3) is 0 Å². The normalized spacial score (nSPS) is 20.3. The predicted octanol–water partition coefficient (Wildman–Crippen LogP) is 7.33. The van der Waals surface area contributed by atoms with Gasteiger partial charge in [0, 0.05) is 36.1 Å². The number of aliphatic hydroxyl groups excluding tert-OH is 1. The number of pyridine rings is 1. The van der Waals surface area contributed by atoms with Crippen molar-refractivity contribution in [2.75, 3.05) is 19.8 Å². The zero-order chi connectivity index (χ0) is 39.5. The van der Waals surface area contributed by atoms with Crippen molar-refractivity contribution in [3.8, 4) is 17.6 Å². The molecule has 0 saturated carbocycles. The average molecular weight is 773 g/mol. The van der Waals surface area contributed by atoms with E-state index in [4.69, 9.17) is 26.1 Å². The fourth-order valence-electron chi connectivity index (χ4n) is 7.55. The number of nitrogens with one attached hydrogen (secondary N) is 3. The van der Waals surface area contributed by atoms with Crippen molar-refractivity contribution < 1.29 is 24.5 Å². The number of hydrogen-bond donors (Lipinski definition) is 5. The number of hydrogen-bond acceptors (Lipinski definition) is 9. The third kappa shape index (κ3) is 7.79. The molecule has 0 spiro atoms. The molecule has 0 amide bonds. The summed E-state index contributed by atoms with van der Waals surface area (Å²) in [6.07, 6.45) is 11.7. The number of carboxylic acids is 1. The van der Waals surface area contributed by atoms with Crippen LogP contribution in [-0.2, 0) is 23.4 Å². The molecular formula is C44H45ClN6O5. The highest BCUT2D eigenvalue weighted by Crippen LogP contribution is 2.46. The van der Waals surface area contributed by atoms with Crippen LogP contribution in [0.4, 0.5) is 0 Å². The van der Waals surface area contributed by atoms with Crippen molar-refractivity contribution in [2.45, 2.75) is 63.8 Å². The number of H-pyrrole nitrogens is 1. The van der Waals surface area contributed by atoms with Gasteiger partial charge in [-0.2, -0.15) is 5.26 Å². The van der Waals surface area contributed by atoms with Crippen molar-refractivity contribution >= 4 is 34.2 Å². The molecule has 4 atom stereocenters. The summed E-state index contributed by atoms with van der Waals surface area (Å²) in [5, 5.41) is 35.8. The Balaban J connectivity index is 1.25. The maximum Gasteiger partial charge on any atom is 0.326 e. The van der Waals surface area contributed by atoms with Crippen molar-refractivity contribution in [1.82, 2.24) is 25.6 Å². The summed E-state index contributed by atoms with van der Waals surface area (Å²) >= 11 is 6.97. The summed E-state index contributed by atoms with van der Waals surface area (Å²) in [4.78, 5) is 24.6. The van der Waals surface area contributed by atoms with Crippen LogP contribution in [0.3, 0.4) is 0 Å². The van der Waals surface area contributed by atoms with Crippen LogP contribution in [0.5, 0.6) is 11.5 Å². The smallest absolute Gasteiger partial charge is 0.326 e. The van der Waals surface area contributed by atoms with E-state index in [1.54, 1.807) is 24.4 Å². The monoisotopic (exact) mass is 772 g/mol. The van der Waals surface area contributed by atoms with E-state index in [-0.39, 0.29) is 31.7 Å². The Morgan fingerprint density at radius 1 is 1.14 bits per heavy atom. The van der Waals surface area contributed by atoms with E-state index in [0.717, 1.165) is 41.8 Å². The van der Waals surface area contributed by atoms with E-state index in [1.807, 2.05) is 6.07 Å². The van der Waals surface area contributed by atoms with Crippen molar-refractivity contribution in [3.63, 3.8) is 0 Å². The molecule has 7 rings (SSSR count). The summed E-state index contributed by atoms with van der Waals surface area (Å²) < 4.78 is 13.1. The number of rotatable bonds is 14. The van der Waals surface area contributed by atoms with Crippen molar-refractivity contribution in [3.05, 3.63) is 136 Å². The minimum absolute atomic E-state index is 0.0199. The molecule has 1 aliphatic carbocycles. The van der Waals surface area contributed by atoms with Crippen LogP contribution in [0, 0.1) is 24.2 Å². The number of ether oxygens (including phenoxy) is 2. The Morgan fingerprint density at radius 2 is 1.98 bits per heavy atom. The molecule has 3 aromatic carbocycles. The molecule has 5 aromatic rings. The molecule has 11 nitrogen and oxygen atoms in total. The number of imidazole rings is 1. The van der Waals surface area contributed by atoms with Crippen LogP contribution in [0.25, 0.3) is 16.6 Å². The number of aliphatic carboxylic acids is 1. The molecule has 1 saturated heterocycles. The number of aromatic nitrogens is 3. The number of carbonyl (C=O) groups is 1. The lowest BCUT2D eigenvalue weighted by Crippen LogP contribution is -2.52. The van der Waals surface area contributed by atoms with Gasteiger partial charge in [0.2, 0.25) is 0 Å². The number of nitriles is 1. The minimum Gasteiger partial charge on any atom is -0.491 e. The summed E-state index contributed by atoms with van der Waals surface area (Å²) in [7, 11) is 0. The van der Waals surface area contributed by atoms with Gasteiger partial charge in [-0.3, -0.25) is 15.1 Å². The number of aliphatic hydroxyl groups is 1. The lowest BCUT2D eigenvalue weighted by atomic mass is 9.65. The second-order valence-electron chi connectivity index (χ2n) is 14.9. The number of nitrogens with zero attached hydrogens (tertiary/aromatic N) is 3. The van der Waals surface area contributed by atoms with Crippen molar-refractivity contribution in [1.29, 1.82) is 5.26 Å². The fourth-order valence-corrected chi connectivity index (χ4v) is 7.79. The van der Waals surface area contributed by atoms with E-state index < -0.39 is 23.5 Å². The van der Waals surface area contributed by atoms with Gasteiger partial charge in [0.15, 0.2) is 0 Å². The van der Waals surface area contributed by atoms with Crippen LogP contribution in [0.2, 0.25) is 5.02 Å². The number of aryl methyl sites for hydroxylation is 1. The number of fused-ring (bicyclic) bond motifs is 1. The third-order valence-electron chi connectivity index (χ3n) is 11.1. The molecule has 0 radical (unpaired) electrons. The quantitative estimate of drug-likeness (QED) is 0.0772. The highest BCUT2D eigenvalue weighted by Gasteiger charge is 2.41. The maximum atomic E-state index is 12.0. The Hall–Kier alpha value is -5.51. The lowest BCUT2D eigenvalue weighted by Gasteiger charge is -2.40. The molecule has 5 N–H and O–H groups in total. The van der Waals surface area contributed by atoms with Gasteiger partial charge in [0.05, 0.1) is 39.7 Å². The molecule has 56 heavy (non-hydrogen) atoms. The molecule has 3 heterocycles. The van der Waals surface area contributed by atoms with Crippen LogP contribution >= 0.6 is 11.6 Å². The topological polar surface area (TPSA) is 165 Å². The van der Waals surface area contributed by atoms with E-state index in [9.17, 15) is 20.3 Å². The van der Waals surface area contributed by atoms with Crippen LogP contribution in [0.15, 0.2) is 91.3 Å². The second kappa shape index (κ2) is 16.3. The molecule has 288 valence electrons. The van der Waals surface area contributed by atoms with Gasteiger partial charge in [-0.1, -0.05) is 67.1 Å². The largest absolute Gasteiger partial charge is 0.491 e. The highest BCUT2D eigenvalue weighted by atomic mass is 35.5. The zero-order valence-corrected chi connectivity index (χ0v) is 32.4. The molecule has 2 aromatic heterocycles. The first-order valence-electron chi connectivity index (χ1n) is 18.7. The molecule has 1 fully saturated rings. The van der Waals surface area contributed by atoms with Gasteiger partial charge >= 0.3 is 5.97 Å². The van der Waals surface area contributed by atoms with E-state index >= 15 is 0 Å². The van der Waals surface area contributed by atoms with Crippen LogP contribution < -0.4 is 20.1 Å². The van der Waals surface area contributed by atoms with Gasteiger partial charge in [-0.05, 0) is 85.7 Å². The molecule has 2 aliphatic rings. The summed E-state index contributed by atoms with van der Waals surface area (Å²) in [5.74, 6) is 0.474. The van der Waals surface area contributed by atoms with Gasteiger partial charge in [0.1, 0.15) is 42.1 Å². The first kappa shape index (κ1) is 38.8. The Bertz CT molecular complexity index is 2360. The highest BCUT2D eigenvalue weighted by molar-refractivity contribution is 6.32. The second-order valence-corrected chi connectivity index (χ2v) is 15.3. The number of aromatic amines is 1. The van der Waals surface area contributed by atoms with Crippen LogP contribution in [0.1, 0.15) is 71.9 Å². The molecule has 1 aliphatic heterocycles. The number of halogens is 1.